The third-order valence-corrected chi connectivity index (χ3v) is 3.26. The van der Waals surface area contributed by atoms with E-state index in [0.29, 0.717) is 13.2 Å². The number of halogens is 1. The lowest BCUT2D eigenvalue weighted by atomic mass is 10.1. The van der Waals surface area contributed by atoms with Crippen molar-refractivity contribution >= 4 is 0 Å². The van der Waals surface area contributed by atoms with Gasteiger partial charge in [-0.2, -0.15) is 0 Å². The van der Waals surface area contributed by atoms with Crippen LogP contribution in [0.4, 0.5) is 4.39 Å². The van der Waals surface area contributed by atoms with Crippen molar-refractivity contribution < 1.29 is 14.2 Å². The Bertz CT molecular complexity index is 540. The smallest absolute Gasteiger partial charge is 0.123 e. The molecule has 1 unspecified atom stereocenters. The highest BCUT2D eigenvalue weighted by atomic mass is 19.1. The third-order valence-electron chi connectivity index (χ3n) is 3.26. The van der Waals surface area contributed by atoms with Crippen LogP contribution in [0.3, 0.4) is 0 Å². The molecule has 0 fully saturated rings. The van der Waals surface area contributed by atoms with Crippen LogP contribution in [0.5, 0.6) is 5.75 Å². The molecule has 112 valence electrons. The normalized spacial score (nSPS) is 12.1. The van der Waals surface area contributed by atoms with Gasteiger partial charge in [0, 0.05) is 12.6 Å². The maximum Gasteiger partial charge on any atom is 0.123 e. The molecule has 3 nitrogen and oxygen atoms in total. The van der Waals surface area contributed by atoms with Gasteiger partial charge >= 0.3 is 0 Å². The molecule has 0 saturated heterocycles. The van der Waals surface area contributed by atoms with Gasteiger partial charge in [0.15, 0.2) is 0 Å². The zero-order chi connectivity index (χ0) is 15.1. The molecule has 0 heterocycles. The monoisotopic (exact) mass is 289 g/mol. The van der Waals surface area contributed by atoms with Gasteiger partial charge in [-0.25, -0.2) is 4.39 Å². The van der Waals surface area contributed by atoms with Gasteiger partial charge in [-0.05, 0) is 42.3 Å². The van der Waals surface area contributed by atoms with E-state index < -0.39 is 0 Å². The summed E-state index contributed by atoms with van der Waals surface area (Å²) >= 11 is 0. The number of hydrogen-bond acceptors (Lipinski definition) is 3. The molecule has 2 aromatic rings. The molecule has 21 heavy (non-hydrogen) atoms. The Morgan fingerprint density at radius 2 is 1.76 bits per heavy atom. The van der Waals surface area contributed by atoms with Crippen molar-refractivity contribution in [3.8, 4) is 5.75 Å². The maximum atomic E-state index is 12.8. The van der Waals surface area contributed by atoms with Gasteiger partial charge in [-0.15, -0.1) is 0 Å². The van der Waals surface area contributed by atoms with Crippen molar-refractivity contribution in [3.63, 3.8) is 0 Å². The van der Waals surface area contributed by atoms with E-state index in [1.54, 1.807) is 12.1 Å². The zero-order valence-electron chi connectivity index (χ0n) is 12.1. The van der Waals surface area contributed by atoms with Gasteiger partial charge in [0.2, 0.25) is 0 Å². The summed E-state index contributed by atoms with van der Waals surface area (Å²) in [6.45, 7) is 3.16. The summed E-state index contributed by atoms with van der Waals surface area (Å²) in [5.41, 5.74) is 2.07. The summed E-state index contributed by atoms with van der Waals surface area (Å²) in [7, 11) is 0. The van der Waals surface area contributed by atoms with Crippen molar-refractivity contribution in [2.24, 2.45) is 0 Å². The second-order valence-corrected chi connectivity index (χ2v) is 4.88. The van der Waals surface area contributed by atoms with Gasteiger partial charge in [-0.3, -0.25) is 0 Å². The first-order valence-corrected chi connectivity index (χ1v) is 7.00. The third kappa shape index (κ3) is 4.85. The molecule has 0 amide bonds. The molecule has 0 bridgehead atoms. The van der Waals surface area contributed by atoms with Crippen LogP contribution in [-0.4, -0.2) is 18.3 Å². The number of aliphatic hydroxyl groups is 1. The summed E-state index contributed by atoms with van der Waals surface area (Å²) in [5.74, 6) is 0.532. The zero-order valence-corrected chi connectivity index (χ0v) is 12.1. The maximum absolute atomic E-state index is 12.8. The van der Waals surface area contributed by atoms with Crippen LogP contribution in [0.1, 0.15) is 24.1 Å². The molecule has 0 aliphatic carbocycles. The van der Waals surface area contributed by atoms with Crippen LogP contribution in [-0.2, 0) is 6.61 Å². The number of nitrogens with one attached hydrogen (secondary N) is 1. The highest BCUT2D eigenvalue weighted by Crippen LogP contribution is 2.18. The van der Waals surface area contributed by atoms with E-state index in [2.05, 4.69) is 5.32 Å². The standard InChI is InChI=1S/C17H20FNO2/c1-13(19-10-11-20)15-4-8-17(9-5-15)21-12-14-2-6-16(18)7-3-14/h2-9,13,19-20H,10-12H2,1H3. The molecule has 0 saturated carbocycles. The first kappa shape index (κ1) is 15.5. The largest absolute Gasteiger partial charge is 0.489 e. The summed E-state index contributed by atoms with van der Waals surface area (Å²) in [4.78, 5) is 0. The van der Waals surface area contributed by atoms with Crippen LogP contribution in [0.25, 0.3) is 0 Å². The summed E-state index contributed by atoms with van der Waals surface area (Å²) in [6, 6.07) is 14.3. The number of benzene rings is 2. The molecule has 0 aliphatic rings. The van der Waals surface area contributed by atoms with Gasteiger partial charge in [0.05, 0.1) is 6.61 Å². The predicted molar refractivity (Wildman–Crippen MR) is 80.7 cm³/mol. The molecule has 0 aromatic heterocycles. The van der Waals surface area contributed by atoms with Crippen molar-refractivity contribution in [1.29, 1.82) is 0 Å². The molecule has 2 N–H and O–H groups in total. The lowest BCUT2D eigenvalue weighted by molar-refractivity contribution is 0.286. The quantitative estimate of drug-likeness (QED) is 0.823. The van der Waals surface area contributed by atoms with E-state index in [1.165, 1.54) is 12.1 Å². The summed E-state index contributed by atoms with van der Waals surface area (Å²) in [5, 5.41) is 12.0. The van der Waals surface area contributed by atoms with Crippen LogP contribution in [0.15, 0.2) is 48.5 Å². The summed E-state index contributed by atoms with van der Waals surface area (Å²) in [6.07, 6.45) is 0. The van der Waals surface area contributed by atoms with Crippen LogP contribution in [0.2, 0.25) is 0 Å². The first-order chi connectivity index (χ1) is 10.2. The Hall–Kier alpha value is -1.91. The Morgan fingerprint density at radius 3 is 2.38 bits per heavy atom. The van der Waals surface area contributed by atoms with Gasteiger partial charge < -0.3 is 15.2 Å². The van der Waals surface area contributed by atoms with E-state index in [1.807, 2.05) is 31.2 Å². The fraction of sp³-hybridized carbons (Fsp3) is 0.294. The van der Waals surface area contributed by atoms with E-state index in [9.17, 15) is 4.39 Å². The average molecular weight is 289 g/mol. The molecule has 0 aliphatic heterocycles. The molecule has 4 heteroatoms. The first-order valence-electron chi connectivity index (χ1n) is 7.00. The predicted octanol–water partition coefficient (Wildman–Crippen LogP) is 3.05. The fourth-order valence-corrected chi connectivity index (χ4v) is 2.00. The minimum atomic E-state index is -0.243. The van der Waals surface area contributed by atoms with E-state index >= 15 is 0 Å². The van der Waals surface area contributed by atoms with Crippen molar-refractivity contribution in [3.05, 3.63) is 65.5 Å². The SMILES string of the molecule is CC(NCCO)c1ccc(OCc2ccc(F)cc2)cc1. The minimum absolute atomic E-state index is 0.128. The highest BCUT2D eigenvalue weighted by molar-refractivity contribution is 5.29. The topological polar surface area (TPSA) is 41.5 Å². The lowest BCUT2D eigenvalue weighted by Crippen LogP contribution is -2.21. The van der Waals surface area contributed by atoms with Gasteiger partial charge in [0.1, 0.15) is 18.2 Å². The molecular formula is C17H20FNO2. The van der Waals surface area contributed by atoms with Crippen molar-refractivity contribution in [2.75, 3.05) is 13.2 Å². The second-order valence-electron chi connectivity index (χ2n) is 4.88. The number of hydrogen-bond donors (Lipinski definition) is 2. The van der Waals surface area contributed by atoms with E-state index in [4.69, 9.17) is 9.84 Å². The van der Waals surface area contributed by atoms with Crippen LogP contribution >= 0.6 is 0 Å². The average Bonchev–Trinajstić information content (AvgIpc) is 2.52. The Kier molecular flexibility index (Phi) is 5.72. The minimum Gasteiger partial charge on any atom is -0.489 e. The Labute approximate surface area is 124 Å². The van der Waals surface area contributed by atoms with Crippen molar-refractivity contribution in [1.82, 2.24) is 5.32 Å². The van der Waals surface area contributed by atoms with Crippen LogP contribution < -0.4 is 10.1 Å². The summed E-state index contributed by atoms with van der Waals surface area (Å²) < 4.78 is 18.5. The number of ether oxygens (including phenoxy) is 1. The molecule has 0 radical (unpaired) electrons. The molecule has 1 atom stereocenters. The van der Waals surface area contributed by atoms with E-state index in [0.717, 1.165) is 16.9 Å². The molecule has 0 spiro atoms. The molecular weight excluding hydrogens is 269 g/mol. The Morgan fingerprint density at radius 1 is 1.10 bits per heavy atom. The second kappa shape index (κ2) is 7.76. The van der Waals surface area contributed by atoms with Crippen molar-refractivity contribution in [2.45, 2.75) is 19.6 Å². The fourth-order valence-electron chi connectivity index (χ4n) is 2.00. The number of rotatable bonds is 7. The van der Waals surface area contributed by atoms with Crippen LogP contribution in [0, 0.1) is 5.82 Å². The highest BCUT2D eigenvalue weighted by Gasteiger charge is 2.04. The Balaban J connectivity index is 1.88. The lowest BCUT2D eigenvalue weighted by Gasteiger charge is -2.14. The molecule has 2 rings (SSSR count). The van der Waals surface area contributed by atoms with Gasteiger partial charge in [-0.1, -0.05) is 24.3 Å². The molecule has 2 aromatic carbocycles. The van der Waals surface area contributed by atoms with Gasteiger partial charge in [0.25, 0.3) is 0 Å². The number of aliphatic hydroxyl groups excluding tert-OH is 1. The van der Waals surface area contributed by atoms with E-state index in [-0.39, 0.29) is 18.5 Å².